The first-order valence-corrected chi connectivity index (χ1v) is 9.33. The fraction of sp³-hybridized carbons (Fsp3) is 0.421. The van der Waals surface area contributed by atoms with Crippen molar-refractivity contribution in [3.63, 3.8) is 0 Å². The first kappa shape index (κ1) is 19.4. The normalized spacial score (nSPS) is 20.3. The van der Waals surface area contributed by atoms with E-state index in [2.05, 4.69) is 15.7 Å². The van der Waals surface area contributed by atoms with Gasteiger partial charge in [-0.3, -0.25) is 14.3 Å². The van der Waals surface area contributed by atoms with Crippen molar-refractivity contribution >= 4 is 23.4 Å². The van der Waals surface area contributed by atoms with Gasteiger partial charge in [-0.1, -0.05) is 23.7 Å². The number of carbonyl (C=O) groups is 2. The molecule has 144 valence electrons. The van der Waals surface area contributed by atoms with Crippen molar-refractivity contribution in [3.05, 3.63) is 52.3 Å². The van der Waals surface area contributed by atoms with Crippen LogP contribution in [0, 0.1) is 0 Å². The molecule has 1 heterocycles. The number of hydrogen-bond donors (Lipinski definition) is 3. The smallest absolute Gasteiger partial charge is 0.271 e. The van der Waals surface area contributed by atoms with Crippen LogP contribution in [-0.4, -0.2) is 45.9 Å². The van der Waals surface area contributed by atoms with Gasteiger partial charge < -0.3 is 15.7 Å². The van der Waals surface area contributed by atoms with Crippen LogP contribution in [0.5, 0.6) is 0 Å². The first-order chi connectivity index (χ1) is 12.9. The maximum Gasteiger partial charge on any atom is 0.271 e. The van der Waals surface area contributed by atoms with Crippen molar-refractivity contribution < 1.29 is 14.7 Å². The lowest BCUT2D eigenvalue weighted by atomic mass is 10.1. The molecule has 0 spiro atoms. The van der Waals surface area contributed by atoms with E-state index in [1.54, 1.807) is 6.07 Å². The molecule has 8 heteroatoms. The molecule has 1 fully saturated rings. The van der Waals surface area contributed by atoms with E-state index in [1.807, 2.05) is 25.1 Å². The predicted molar refractivity (Wildman–Crippen MR) is 102 cm³/mol. The van der Waals surface area contributed by atoms with Crippen LogP contribution in [0.2, 0.25) is 5.02 Å². The molecule has 0 bridgehead atoms. The van der Waals surface area contributed by atoms with Crippen LogP contribution in [0.25, 0.3) is 0 Å². The number of nitrogens with zero attached hydrogens (tertiary/aromatic N) is 2. The van der Waals surface area contributed by atoms with Crippen molar-refractivity contribution in [2.45, 2.75) is 44.4 Å². The number of rotatable bonds is 5. The zero-order valence-corrected chi connectivity index (χ0v) is 16.0. The standard InChI is InChI=1S/C19H23ClN4O3/c1-11(12-4-3-5-13(20)8-12)24-17(10-16(23-24)18(26)21-2)19(27)22-14-6-7-15(25)9-14/h3-5,8,10-11,14-15,25H,6-7,9H2,1-2H3,(H,21,26)(H,22,27)/t11?,14?,15-/m0/s1. The molecule has 0 aliphatic heterocycles. The fourth-order valence-electron chi connectivity index (χ4n) is 3.35. The second-order valence-corrected chi connectivity index (χ2v) is 7.24. The van der Waals surface area contributed by atoms with Gasteiger partial charge in [0.25, 0.3) is 11.8 Å². The molecule has 2 aromatic rings. The van der Waals surface area contributed by atoms with Gasteiger partial charge in [0.2, 0.25) is 0 Å². The summed E-state index contributed by atoms with van der Waals surface area (Å²) < 4.78 is 1.54. The highest BCUT2D eigenvalue weighted by Gasteiger charge is 2.28. The van der Waals surface area contributed by atoms with Crippen LogP contribution in [0.15, 0.2) is 30.3 Å². The molecule has 1 aliphatic rings. The number of benzene rings is 1. The summed E-state index contributed by atoms with van der Waals surface area (Å²) in [5, 5.41) is 20.1. The fourth-order valence-corrected chi connectivity index (χ4v) is 3.55. The lowest BCUT2D eigenvalue weighted by Crippen LogP contribution is -2.35. The van der Waals surface area contributed by atoms with E-state index in [0.717, 1.165) is 12.0 Å². The van der Waals surface area contributed by atoms with E-state index >= 15 is 0 Å². The van der Waals surface area contributed by atoms with Crippen molar-refractivity contribution in [3.8, 4) is 0 Å². The molecule has 2 amide bonds. The second kappa shape index (κ2) is 8.10. The van der Waals surface area contributed by atoms with Crippen molar-refractivity contribution in [2.75, 3.05) is 7.05 Å². The third-order valence-corrected chi connectivity index (χ3v) is 5.10. The van der Waals surface area contributed by atoms with Gasteiger partial charge in [0.1, 0.15) is 5.69 Å². The minimum atomic E-state index is -0.382. The summed E-state index contributed by atoms with van der Waals surface area (Å²) in [6.45, 7) is 1.89. The van der Waals surface area contributed by atoms with Crippen LogP contribution in [0.3, 0.4) is 0 Å². The highest BCUT2D eigenvalue weighted by molar-refractivity contribution is 6.30. The molecule has 1 saturated carbocycles. The molecule has 2 unspecified atom stereocenters. The van der Waals surface area contributed by atoms with Crippen LogP contribution in [0.4, 0.5) is 0 Å². The molecule has 3 atom stereocenters. The Bertz CT molecular complexity index is 851. The molecule has 1 aromatic heterocycles. The number of halogens is 1. The molecule has 0 radical (unpaired) electrons. The molecule has 1 aliphatic carbocycles. The Morgan fingerprint density at radius 3 is 2.70 bits per heavy atom. The lowest BCUT2D eigenvalue weighted by molar-refractivity contribution is 0.0919. The van der Waals surface area contributed by atoms with Gasteiger partial charge >= 0.3 is 0 Å². The molecule has 27 heavy (non-hydrogen) atoms. The Labute approximate surface area is 162 Å². The molecule has 3 rings (SSSR count). The van der Waals surface area contributed by atoms with Gasteiger partial charge in [-0.15, -0.1) is 0 Å². The van der Waals surface area contributed by atoms with Crippen molar-refractivity contribution in [1.82, 2.24) is 20.4 Å². The third-order valence-electron chi connectivity index (χ3n) is 4.87. The molecule has 3 N–H and O–H groups in total. The highest BCUT2D eigenvalue weighted by Crippen LogP contribution is 2.24. The van der Waals surface area contributed by atoms with Crippen LogP contribution in [0.1, 0.15) is 58.8 Å². The average molecular weight is 391 g/mol. The van der Waals surface area contributed by atoms with Gasteiger partial charge in [-0.2, -0.15) is 5.10 Å². The van der Waals surface area contributed by atoms with Gasteiger partial charge in [0, 0.05) is 24.2 Å². The zero-order valence-electron chi connectivity index (χ0n) is 15.3. The number of aliphatic hydroxyl groups is 1. The molecular formula is C19H23ClN4O3. The van der Waals surface area contributed by atoms with E-state index in [4.69, 9.17) is 11.6 Å². The molecular weight excluding hydrogens is 368 g/mol. The zero-order chi connectivity index (χ0) is 19.6. The minimum Gasteiger partial charge on any atom is -0.393 e. The summed E-state index contributed by atoms with van der Waals surface area (Å²) in [7, 11) is 1.52. The largest absolute Gasteiger partial charge is 0.393 e. The van der Waals surface area contributed by atoms with Gasteiger partial charge in [-0.05, 0) is 43.9 Å². The average Bonchev–Trinajstić information content (AvgIpc) is 3.27. The summed E-state index contributed by atoms with van der Waals surface area (Å²) in [6, 6.07) is 8.42. The Morgan fingerprint density at radius 2 is 2.07 bits per heavy atom. The van der Waals surface area contributed by atoms with Gasteiger partial charge in [0.05, 0.1) is 12.1 Å². The number of aliphatic hydroxyl groups excluding tert-OH is 1. The van der Waals surface area contributed by atoms with E-state index in [-0.39, 0.29) is 35.7 Å². The number of nitrogens with one attached hydrogen (secondary N) is 2. The third kappa shape index (κ3) is 4.31. The predicted octanol–water partition coefficient (Wildman–Crippen LogP) is 2.15. The Hall–Kier alpha value is -2.38. The topological polar surface area (TPSA) is 96.3 Å². The SMILES string of the molecule is CNC(=O)c1cc(C(=O)NC2CC[C@H](O)C2)n(C(C)c2cccc(Cl)c2)n1. The van der Waals surface area contributed by atoms with E-state index < -0.39 is 0 Å². The summed E-state index contributed by atoms with van der Waals surface area (Å²) in [6.07, 6.45) is 1.55. The number of carbonyl (C=O) groups excluding carboxylic acids is 2. The summed E-state index contributed by atoms with van der Waals surface area (Å²) in [4.78, 5) is 24.9. The number of amides is 2. The Kier molecular flexibility index (Phi) is 5.82. The van der Waals surface area contributed by atoms with E-state index in [0.29, 0.717) is 23.6 Å². The van der Waals surface area contributed by atoms with Crippen molar-refractivity contribution in [1.29, 1.82) is 0 Å². The summed E-state index contributed by atoms with van der Waals surface area (Å²) in [5.41, 5.74) is 1.34. The van der Waals surface area contributed by atoms with Crippen LogP contribution < -0.4 is 10.6 Å². The monoisotopic (exact) mass is 390 g/mol. The minimum absolute atomic E-state index is 0.0826. The maximum absolute atomic E-state index is 12.8. The lowest BCUT2D eigenvalue weighted by Gasteiger charge is -2.18. The Morgan fingerprint density at radius 1 is 1.30 bits per heavy atom. The molecule has 1 aromatic carbocycles. The van der Waals surface area contributed by atoms with Crippen LogP contribution in [-0.2, 0) is 0 Å². The first-order valence-electron chi connectivity index (χ1n) is 8.95. The molecule has 0 saturated heterocycles. The maximum atomic E-state index is 12.8. The quantitative estimate of drug-likeness (QED) is 0.728. The van der Waals surface area contributed by atoms with Crippen molar-refractivity contribution in [2.24, 2.45) is 0 Å². The highest BCUT2D eigenvalue weighted by atomic mass is 35.5. The summed E-state index contributed by atoms with van der Waals surface area (Å²) >= 11 is 6.09. The second-order valence-electron chi connectivity index (χ2n) is 6.81. The van der Waals surface area contributed by atoms with Crippen LogP contribution >= 0.6 is 11.6 Å². The Balaban J connectivity index is 1.92. The number of hydrogen-bond acceptors (Lipinski definition) is 4. The molecule has 7 nitrogen and oxygen atoms in total. The van der Waals surface area contributed by atoms with E-state index in [9.17, 15) is 14.7 Å². The van der Waals surface area contributed by atoms with Gasteiger partial charge in [-0.25, -0.2) is 0 Å². The van der Waals surface area contributed by atoms with Gasteiger partial charge in [0.15, 0.2) is 5.69 Å². The summed E-state index contributed by atoms with van der Waals surface area (Å²) in [5.74, 6) is -0.678. The number of aromatic nitrogens is 2. The van der Waals surface area contributed by atoms with E-state index in [1.165, 1.54) is 17.8 Å².